The predicted molar refractivity (Wildman–Crippen MR) is 122 cm³/mol. The molecule has 5 nitrogen and oxygen atoms in total. The standard InChI is InChI=1S/C25H33N3O2/c1-3-28(23-6-4-5-19(2)17-23)16-15-27-25(30)10-9-24(29)22-8-7-20-11-13-26-14-12-21(20)18-22/h4-8,17-18,26H,3,9-16H2,1-2H3,(H,27,30). The second kappa shape index (κ2) is 10.9. The number of likely N-dealkylation sites (N-methyl/N-ethyl adjacent to an activating group) is 1. The highest BCUT2D eigenvalue weighted by atomic mass is 16.2. The molecule has 0 aliphatic carbocycles. The minimum atomic E-state index is -0.0670. The van der Waals surface area contributed by atoms with Gasteiger partial charge in [0.1, 0.15) is 0 Å². The Balaban J connectivity index is 1.44. The summed E-state index contributed by atoms with van der Waals surface area (Å²) >= 11 is 0. The summed E-state index contributed by atoms with van der Waals surface area (Å²) in [5, 5.41) is 6.34. The van der Waals surface area contributed by atoms with Crippen LogP contribution in [0, 0.1) is 6.92 Å². The molecular formula is C25H33N3O2. The highest BCUT2D eigenvalue weighted by Crippen LogP contribution is 2.17. The quantitative estimate of drug-likeness (QED) is 0.626. The van der Waals surface area contributed by atoms with Crippen molar-refractivity contribution in [3.8, 4) is 0 Å². The van der Waals surface area contributed by atoms with Crippen LogP contribution in [0.15, 0.2) is 42.5 Å². The summed E-state index contributed by atoms with van der Waals surface area (Å²) in [5.41, 5.74) is 5.69. The Hall–Kier alpha value is -2.66. The van der Waals surface area contributed by atoms with Crippen molar-refractivity contribution < 1.29 is 9.59 Å². The number of ketones is 1. The molecule has 0 fully saturated rings. The monoisotopic (exact) mass is 407 g/mol. The Morgan fingerprint density at radius 2 is 1.83 bits per heavy atom. The SMILES string of the molecule is CCN(CCNC(=O)CCC(=O)c1ccc2c(c1)CCNCC2)c1cccc(C)c1. The number of nitrogens with zero attached hydrogens (tertiary/aromatic N) is 1. The van der Waals surface area contributed by atoms with Gasteiger partial charge in [0.2, 0.25) is 5.91 Å². The molecular weight excluding hydrogens is 374 g/mol. The third-order valence-corrected chi connectivity index (χ3v) is 5.70. The lowest BCUT2D eigenvalue weighted by molar-refractivity contribution is -0.121. The van der Waals surface area contributed by atoms with E-state index in [4.69, 9.17) is 0 Å². The van der Waals surface area contributed by atoms with E-state index in [2.05, 4.69) is 59.7 Å². The molecule has 5 heteroatoms. The number of amides is 1. The number of anilines is 1. The van der Waals surface area contributed by atoms with Crippen LogP contribution < -0.4 is 15.5 Å². The molecule has 0 atom stereocenters. The molecule has 160 valence electrons. The summed E-state index contributed by atoms with van der Waals surface area (Å²) < 4.78 is 0. The minimum absolute atomic E-state index is 0.0418. The summed E-state index contributed by atoms with van der Waals surface area (Å²) in [7, 11) is 0. The number of carbonyl (C=O) groups is 2. The van der Waals surface area contributed by atoms with Crippen LogP contribution in [0.1, 0.15) is 46.8 Å². The van der Waals surface area contributed by atoms with Crippen LogP contribution >= 0.6 is 0 Å². The molecule has 3 rings (SSSR count). The fraction of sp³-hybridized carbons (Fsp3) is 0.440. The Bertz CT molecular complexity index is 878. The Kier molecular flexibility index (Phi) is 8.03. The molecule has 1 amide bonds. The van der Waals surface area contributed by atoms with Gasteiger partial charge >= 0.3 is 0 Å². The molecule has 0 spiro atoms. The van der Waals surface area contributed by atoms with Gasteiger partial charge in [-0.15, -0.1) is 0 Å². The first-order valence-electron chi connectivity index (χ1n) is 11.0. The summed E-state index contributed by atoms with van der Waals surface area (Å²) in [6.07, 6.45) is 2.43. The van der Waals surface area contributed by atoms with Gasteiger partial charge in [-0.2, -0.15) is 0 Å². The number of aryl methyl sites for hydroxylation is 1. The number of nitrogens with one attached hydrogen (secondary N) is 2. The molecule has 2 aromatic carbocycles. The maximum Gasteiger partial charge on any atom is 0.220 e. The second-order valence-electron chi connectivity index (χ2n) is 7.93. The van der Waals surface area contributed by atoms with Crippen molar-refractivity contribution in [2.24, 2.45) is 0 Å². The second-order valence-corrected chi connectivity index (χ2v) is 7.93. The highest BCUT2D eigenvalue weighted by molar-refractivity contribution is 5.98. The van der Waals surface area contributed by atoms with E-state index in [0.717, 1.165) is 44.6 Å². The number of benzene rings is 2. The third kappa shape index (κ3) is 6.17. The van der Waals surface area contributed by atoms with Crippen LogP contribution in [0.2, 0.25) is 0 Å². The zero-order valence-corrected chi connectivity index (χ0v) is 18.2. The van der Waals surface area contributed by atoms with E-state index < -0.39 is 0 Å². The summed E-state index contributed by atoms with van der Waals surface area (Å²) in [5.74, 6) is -0.0253. The molecule has 0 bridgehead atoms. The van der Waals surface area contributed by atoms with E-state index in [0.29, 0.717) is 6.54 Å². The number of hydrogen-bond donors (Lipinski definition) is 2. The topological polar surface area (TPSA) is 61.4 Å². The molecule has 0 radical (unpaired) electrons. The lowest BCUT2D eigenvalue weighted by Gasteiger charge is -2.23. The number of hydrogen-bond acceptors (Lipinski definition) is 4. The fourth-order valence-electron chi connectivity index (χ4n) is 3.93. The molecule has 1 aliphatic rings. The molecule has 0 aromatic heterocycles. The Labute approximate surface area is 179 Å². The van der Waals surface area contributed by atoms with Gasteiger partial charge in [0.05, 0.1) is 0 Å². The maximum absolute atomic E-state index is 12.6. The largest absolute Gasteiger partial charge is 0.370 e. The number of rotatable bonds is 9. The molecule has 2 aromatic rings. The normalized spacial score (nSPS) is 13.3. The van der Waals surface area contributed by atoms with Gasteiger partial charge in [0.15, 0.2) is 5.78 Å². The van der Waals surface area contributed by atoms with Crippen molar-refractivity contribution >= 4 is 17.4 Å². The van der Waals surface area contributed by atoms with Gasteiger partial charge in [-0.3, -0.25) is 9.59 Å². The van der Waals surface area contributed by atoms with Crippen molar-refractivity contribution in [2.45, 2.75) is 39.5 Å². The summed E-state index contributed by atoms with van der Waals surface area (Å²) in [4.78, 5) is 27.0. The lowest BCUT2D eigenvalue weighted by atomic mass is 9.97. The van der Waals surface area contributed by atoms with Crippen molar-refractivity contribution in [3.63, 3.8) is 0 Å². The zero-order valence-electron chi connectivity index (χ0n) is 18.2. The first-order valence-corrected chi connectivity index (χ1v) is 11.0. The van der Waals surface area contributed by atoms with Crippen LogP contribution in [0.4, 0.5) is 5.69 Å². The molecule has 1 aliphatic heterocycles. The van der Waals surface area contributed by atoms with E-state index in [1.165, 1.54) is 22.4 Å². The van der Waals surface area contributed by atoms with E-state index in [9.17, 15) is 9.59 Å². The lowest BCUT2D eigenvalue weighted by Crippen LogP contribution is -2.35. The average Bonchev–Trinajstić information content (AvgIpc) is 3.00. The van der Waals surface area contributed by atoms with Gasteiger partial charge in [0, 0.05) is 43.7 Å². The van der Waals surface area contributed by atoms with Gasteiger partial charge in [0.25, 0.3) is 0 Å². The van der Waals surface area contributed by atoms with Crippen LogP contribution in [0.25, 0.3) is 0 Å². The zero-order chi connectivity index (χ0) is 21.3. The third-order valence-electron chi connectivity index (χ3n) is 5.70. The van der Waals surface area contributed by atoms with E-state index >= 15 is 0 Å². The summed E-state index contributed by atoms with van der Waals surface area (Å²) in [6.45, 7) is 8.32. The van der Waals surface area contributed by atoms with Crippen molar-refractivity contribution in [1.29, 1.82) is 0 Å². The first-order chi connectivity index (χ1) is 14.6. The number of fused-ring (bicyclic) bond motifs is 1. The van der Waals surface area contributed by atoms with Crippen LogP contribution in [0.5, 0.6) is 0 Å². The summed E-state index contributed by atoms with van der Waals surface area (Å²) in [6, 6.07) is 14.4. The van der Waals surface area contributed by atoms with Crippen LogP contribution in [-0.2, 0) is 17.6 Å². The Morgan fingerprint density at radius 3 is 2.60 bits per heavy atom. The highest BCUT2D eigenvalue weighted by Gasteiger charge is 2.13. The van der Waals surface area contributed by atoms with Crippen molar-refractivity contribution in [3.05, 3.63) is 64.7 Å². The van der Waals surface area contributed by atoms with Crippen molar-refractivity contribution in [1.82, 2.24) is 10.6 Å². The predicted octanol–water partition coefficient (Wildman–Crippen LogP) is 3.29. The van der Waals surface area contributed by atoms with E-state index in [-0.39, 0.29) is 24.5 Å². The first kappa shape index (κ1) is 22.0. The van der Waals surface area contributed by atoms with Crippen molar-refractivity contribution in [2.75, 3.05) is 37.6 Å². The molecule has 1 heterocycles. The minimum Gasteiger partial charge on any atom is -0.370 e. The fourth-order valence-corrected chi connectivity index (χ4v) is 3.93. The Morgan fingerprint density at radius 1 is 1.03 bits per heavy atom. The molecule has 0 saturated heterocycles. The van der Waals surface area contributed by atoms with Crippen LogP contribution in [-0.4, -0.2) is 44.4 Å². The molecule has 30 heavy (non-hydrogen) atoms. The molecule has 0 unspecified atom stereocenters. The van der Waals surface area contributed by atoms with E-state index in [1.807, 2.05) is 12.1 Å². The van der Waals surface area contributed by atoms with Gasteiger partial charge in [-0.25, -0.2) is 0 Å². The van der Waals surface area contributed by atoms with Gasteiger partial charge in [-0.05, 0) is 74.7 Å². The van der Waals surface area contributed by atoms with Gasteiger partial charge in [-0.1, -0.05) is 24.3 Å². The van der Waals surface area contributed by atoms with E-state index in [1.54, 1.807) is 0 Å². The molecule has 0 saturated carbocycles. The smallest absolute Gasteiger partial charge is 0.220 e. The van der Waals surface area contributed by atoms with Gasteiger partial charge < -0.3 is 15.5 Å². The molecule has 2 N–H and O–H groups in total. The average molecular weight is 408 g/mol. The maximum atomic E-state index is 12.6. The van der Waals surface area contributed by atoms with Crippen LogP contribution in [0.3, 0.4) is 0 Å². The number of carbonyl (C=O) groups excluding carboxylic acids is 2. The number of Topliss-reactive ketones (excluding diaryl/α,β-unsaturated/α-hetero) is 1.